The first-order chi connectivity index (χ1) is 24.2. The van der Waals surface area contributed by atoms with Crippen molar-refractivity contribution in [3.05, 3.63) is 0 Å². The molecule has 0 aromatic rings. The number of hydrogen-bond donors (Lipinski definition) is 7. The third kappa shape index (κ3) is 8.44. The number of amidine groups is 1. The summed E-state index contributed by atoms with van der Waals surface area (Å²) in [6, 6.07) is 0. The molecule has 1 aliphatic heterocycles. The summed E-state index contributed by atoms with van der Waals surface area (Å²) < 4.78 is 12.0. The Kier molecular flexibility index (Phi) is 13.5. The first kappa shape index (κ1) is 40.7. The first-order valence-electron chi connectivity index (χ1n) is 20.4. The van der Waals surface area contributed by atoms with E-state index < -0.39 is 54.9 Å². The van der Waals surface area contributed by atoms with Crippen molar-refractivity contribution < 1.29 is 39.8 Å². The minimum atomic E-state index is -1.44. The van der Waals surface area contributed by atoms with Crippen molar-refractivity contribution in [2.75, 3.05) is 19.7 Å². The second-order valence-electron chi connectivity index (χ2n) is 18.2. The van der Waals surface area contributed by atoms with Gasteiger partial charge in [-0.2, -0.15) is 0 Å². The van der Waals surface area contributed by atoms with Crippen molar-refractivity contribution in [3.63, 3.8) is 0 Å². The molecule has 4 saturated carbocycles. The Morgan fingerprint density at radius 2 is 1.65 bits per heavy atom. The summed E-state index contributed by atoms with van der Waals surface area (Å²) in [6.45, 7) is 12.5. The van der Waals surface area contributed by atoms with E-state index >= 15 is 0 Å². The number of alkyl carbamates (subject to hydrolysis) is 1. The van der Waals surface area contributed by atoms with Gasteiger partial charge in [-0.25, -0.2) is 4.79 Å². The molecule has 51 heavy (non-hydrogen) atoms. The van der Waals surface area contributed by atoms with Gasteiger partial charge in [0.2, 0.25) is 0 Å². The van der Waals surface area contributed by atoms with E-state index in [0.717, 1.165) is 49.4 Å². The number of nitrogens with one attached hydrogen (secondary N) is 1. The Morgan fingerprint density at radius 3 is 2.37 bits per heavy atom. The van der Waals surface area contributed by atoms with Gasteiger partial charge in [-0.3, -0.25) is 4.99 Å². The van der Waals surface area contributed by atoms with Crippen molar-refractivity contribution in [1.82, 2.24) is 5.32 Å². The van der Waals surface area contributed by atoms with Crippen LogP contribution in [0.4, 0.5) is 4.79 Å². The lowest BCUT2D eigenvalue weighted by Crippen LogP contribution is -2.64. The molecular formula is C40H71N3O8. The van der Waals surface area contributed by atoms with E-state index in [4.69, 9.17) is 15.2 Å². The zero-order valence-electron chi connectivity index (χ0n) is 32.1. The molecular weight excluding hydrogens is 650 g/mol. The lowest BCUT2D eigenvalue weighted by atomic mass is 9.43. The van der Waals surface area contributed by atoms with Crippen molar-refractivity contribution in [2.45, 2.75) is 173 Å². The molecule has 0 aromatic carbocycles. The second kappa shape index (κ2) is 16.9. The van der Waals surface area contributed by atoms with Crippen LogP contribution in [0.3, 0.4) is 0 Å². The largest absolute Gasteiger partial charge is 0.442 e. The van der Waals surface area contributed by atoms with Crippen LogP contribution in [0, 0.1) is 46.3 Å². The van der Waals surface area contributed by atoms with Gasteiger partial charge in [0, 0.05) is 31.3 Å². The number of unbranched alkanes of at least 4 members (excludes halogenated alkanes) is 1. The topological polar surface area (TPSA) is 187 Å². The summed E-state index contributed by atoms with van der Waals surface area (Å²) in [5.74, 6) is 4.48. The van der Waals surface area contributed by atoms with Gasteiger partial charge >= 0.3 is 6.09 Å². The Labute approximate surface area is 306 Å². The molecule has 8 N–H and O–H groups in total. The third-order valence-electron chi connectivity index (χ3n) is 14.8. The molecule has 4 aliphatic carbocycles. The first-order valence-corrected chi connectivity index (χ1v) is 20.4. The van der Waals surface area contributed by atoms with Crippen molar-refractivity contribution in [1.29, 1.82) is 0 Å². The molecule has 5 fully saturated rings. The maximum Gasteiger partial charge on any atom is 0.407 e. The van der Waals surface area contributed by atoms with Gasteiger partial charge in [0.1, 0.15) is 30.0 Å². The maximum absolute atomic E-state index is 13.4. The zero-order valence-corrected chi connectivity index (χ0v) is 32.1. The maximum atomic E-state index is 13.4. The van der Waals surface area contributed by atoms with Crippen LogP contribution >= 0.6 is 0 Å². The number of hydrogen-bond acceptors (Lipinski definition) is 9. The number of aliphatic hydroxyl groups excluding tert-OH is 5. The average molecular weight is 722 g/mol. The lowest BCUT2D eigenvalue weighted by Gasteiger charge is -2.64. The molecule has 5 aliphatic rings. The minimum absolute atomic E-state index is 0.0543. The predicted octanol–water partition coefficient (Wildman–Crippen LogP) is 4.69. The van der Waals surface area contributed by atoms with Gasteiger partial charge in [0.15, 0.2) is 0 Å². The number of amides is 1. The fourth-order valence-electron chi connectivity index (χ4n) is 11.9. The van der Waals surface area contributed by atoms with Crippen LogP contribution in [-0.2, 0) is 9.47 Å². The standard InChI is InChI=1S/C40H71N3O8/c1-24(2)9-8-10-25(3)28-11-12-29-27-14-18-40(22-26(45)13-17-39(40,5)30(27)15-16-38(28,29)4)51-37(49)43-20-7-6-19-42-33(41)21-31-34(46)36(48)35(47)32(23-44)50-31/h24-32,34-36,44-48H,6-23H2,1-5H3,(H2,41,42)(H,43,49)/t25-,26+,27+,28-,29+,30+,31+,32-,34+,35+,36-,38-,39-,40?/m1/s1. The van der Waals surface area contributed by atoms with Gasteiger partial charge in [-0.1, -0.05) is 53.9 Å². The molecule has 294 valence electrons. The number of ether oxygens (including phenoxy) is 2. The lowest BCUT2D eigenvalue weighted by molar-refractivity contribution is -0.227. The highest BCUT2D eigenvalue weighted by atomic mass is 16.6. The number of carbonyl (C=O) groups is 1. The summed E-state index contributed by atoms with van der Waals surface area (Å²) in [7, 11) is 0. The number of carbonyl (C=O) groups excluding carboxylic acids is 1. The molecule has 0 radical (unpaired) electrons. The zero-order chi connectivity index (χ0) is 37.1. The van der Waals surface area contributed by atoms with Crippen LogP contribution in [0.15, 0.2) is 4.99 Å². The highest BCUT2D eigenvalue weighted by Crippen LogP contribution is 2.70. The molecule has 14 atom stereocenters. The number of rotatable bonds is 14. The van der Waals surface area contributed by atoms with E-state index in [9.17, 15) is 30.3 Å². The fourth-order valence-corrected chi connectivity index (χ4v) is 11.9. The summed E-state index contributed by atoms with van der Waals surface area (Å²) in [4.78, 5) is 17.7. The van der Waals surface area contributed by atoms with Gasteiger partial charge in [0.05, 0.1) is 24.7 Å². The van der Waals surface area contributed by atoms with Crippen molar-refractivity contribution in [2.24, 2.45) is 57.1 Å². The fraction of sp³-hybridized carbons (Fsp3) is 0.950. The van der Waals surface area contributed by atoms with E-state index in [1.807, 2.05) is 0 Å². The Hall–Kier alpha value is -1.50. The molecule has 0 aromatic heterocycles. The highest BCUT2D eigenvalue weighted by Gasteiger charge is 2.66. The van der Waals surface area contributed by atoms with Crippen LogP contribution in [0.5, 0.6) is 0 Å². The van der Waals surface area contributed by atoms with Crippen molar-refractivity contribution in [3.8, 4) is 0 Å². The van der Waals surface area contributed by atoms with Crippen molar-refractivity contribution >= 4 is 11.9 Å². The Morgan fingerprint density at radius 1 is 0.902 bits per heavy atom. The molecule has 11 nitrogen and oxygen atoms in total. The van der Waals surface area contributed by atoms with Gasteiger partial charge in [-0.05, 0) is 105 Å². The van der Waals surface area contributed by atoms with Crippen LogP contribution in [0.2, 0.25) is 0 Å². The molecule has 1 amide bonds. The molecule has 1 saturated heterocycles. The highest BCUT2D eigenvalue weighted by molar-refractivity contribution is 5.80. The summed E-state index contributed by atoms with van der Waals surface area (Å²) >= 11 is 0. The molecule has 0 spiro atoms. The van der Waals surface area contributed by atoms with E-state index in [2.05, 4.69) is 44.9 Å². The minimum Gasteiger partial charge on any atom is -0.442 e. The van der Waals surface area contributed by atoms with Crippen LogP contribution < -0.4 is 11.1 Å². The van der Waals surface area contributed by atoms with Crippen LogP contribution in [0.25, 0.3) is 0 Å². The average Bonchev–Trinajstić information content (AvgIpc) is 3.44. The normalized spacial score (nSPS) is 43.2. The number of nitrogens with two attached hydrogens (primary N) is 1. The van der Waals surface area contributed by atoms with Gasteiger partial charge < -0.3 is 46.1 Å². The SMILES string of the molecule is CC(C)CCC[C@@H](C)[C@H]1CC[C@H]2[C@@H]3CCC4(OC(=O)NCCCCN=C(N)C[C@@H]5O[C@H](CO)[C@H](O)[C@H](O)[C@H]5O)C[C@@H](O)CC[C@]4(C)[C@H]3CC[C@]12C. The van der Waals surface area contributed by atoms with Gasteiger partial charge in [0.25, 0.3) is 0 Å². The van der Waals surface area contributed by atoms with Crippen LogP contribution in [-0.4, -0.2) is 99.4 Å². The molecule has 11 heteroatoms. The van der Waals surface area contributed by atoms with Gasteiger partial charge in [-0.15, -0.1) is 0 Å². The monoisotopic (exact) mass is 722 g/mol. The second-order valence-corrected chi connectivity index (χ2v) is 18.2. The van der Waals surface area contributed by atoms with Crippen LogP contribution in [0.1, 0.15) is 131 Å². The Bertz CT molecular complexity index is 1190. The summed E-state index contributed by atoms with van der Waals surface area (Å²) in [5.41, 5.74) is 5.65. The van der Waals surface area contributed by atoms with E-state index in [1.54, 1.807) is 0 Å². The summed E-state index contributed by atoms with van der Waals surface area (Å²) in [6.07, 6.45) is 7.64. The number of nitrogens with zero attached hydrogens (tertiary/aromatic N) is 1. The number of fused-ring (bicyclic) bond motifs is 5. The predicted molar refractivity (Wildman–Crippen MR) is 197 cm³/mol. The quantitative estimate of drug-likeness (QED) is 0.0759. The molecule has 0 bridgehead atoms. The van der Waals surface area contributed by atoms with E-state index in [-0.39, 0.29) is 17.7 Å². The molecule has 5 rings (SSSR count). The molecule has 1 unspecified atom stereocenters. The smallest absolute Gasteiger partial charge is 0.407 e. The third-order valence-corrected chi connectivity index (χ3v) is 14.8. The number of aliphatic hydroxyl groups is 5. The number of aliphatic imine (C=N–C) groups is 1. The Balaban J connectivity index is 1.12. The molecule has 1 heterocycles. The van der Waals surface area contributed by atoms with E-state index in [1.165, 1.54) is 44.9 Å². The van der Waals surface area contributed by atoms with E-state index in [0.29, 0.717) is 49.6 Å². The summed E-state index contributed by atoms with van der Waals surface area (Å²) in [5, 5.41) is 53.6.